The van der Waals surface area contributed by atoms with E-state index in [1.54, 1.807) is 18.4 Å². The standard InChI is InChI=1S/C18H23N5S/c1-14-17(24-13-22-14)12-21-18(19-2)20-9-5-10-23-11-8-15-6-3-4-7-16(15)23/h3-4,6-8,11,13H,5,9-10,12H2,1-2H3,(H2,19,20,21). The first kappa shape index (κ1) is 16.5. The number of para-hydroxylation sites is 1. The lowest BCUT2D eigenvalue weighted by atomic mass is 10.2. The molecule has 0 saturated heterocycles. The van der Waals surface area contributed by atoms with E-state index in [0.29, 0.717) is 0 Å². The summed E-state index contributed by atoms with van der Waals surface area (Å²) in [6, 6.07) is 10.7. The van der Waals surface area contributed by atoms with Gasteiger partial charge >= 0.3 is 0 Å². The quantitative estimate of drug-likeness (QED) is 0.411. The Morgan fingerprint density at radius 3 is 2.92 bits per heavy atom. The van der Waals surface area contributed by atoms with E-state index in [2.05, 4.69) is 61.7 Å². The molecule has 1 aromatic carbocycles. The fourth-order valence-electron chi connectivity index (χ4n) is 2.67. The highest BCUT2D eigenvalue weighted by Crippen LogP contribution is 2.15. The number of thiazole rings is 1. The molecule has 126 valence electrons. The van der Waals surface area contributed by atoms with E-state index in [1.807, 2.05) is 12.4 Å². The van der Waals surface area contributed by atoms with Crippen molar-refractivity contribution < 1.29 is 0 Å². The molecule has 2 aromatic heterocycles. The average molecular weight is 341 g/mol. The van der Waals surface area contributed by atoms with Gasteiger partial charge in [-0.25, -0.2) is 4.98 Å². The molecular weight excluding hydrogens is 318 g/mol. The first-order valence-corrected chi connectivity index (χ1v) is 9.03. The van der Waals surface area contributed by atoms with Gasteiger partial charge in [0.2, 0.25) is 0 Å². The van der Waals surface area contributed by atoms with E-state index in [1.165, 1.54) is 15.8 Å². The topological polar surface area (TPSA) is 54.2 Å². The molecule has 0 atom stereocenters. The van der Waals surface area contributed by atoms with Crippen LogP contribution < -0.4 is 10.6 Å². The predicted molar refractivity (Wildman–Crippen MR) is 102 cm³/mol. The van der Waals surface area contributed by atoms with Crippen LogP contribution in [0.4, 0.5) is 0 Å². The molecule has 0 aliphatic rings. The van der Waals surface area contributed by atoms with Crippen LogP contribution in [0.2, 0.25) is 0 Å². The summed E-state index contributed by atoms with van der Waals surface area (Å²) in [5.41, 5.74) is 4.26. The number of aliphatic imine (C=N–C) groups is 1. The summed E-state index contributed by atoms with van der Waals surface area (Å²) in [5.74, 6) is 0.833. The maximum Gasteiger partial charge on any atom is 0.191 e. The van der Waals surface area contributed by atoms with Gasteiger partial charge in [0.1, 0.15) is 0 Å². The summed E-state index contributed by atoms with van der Waals surface area (Å²) in [4.78, 5) is 9.79. The van der Waals surface area contributed by atoms with Crippen LogP contribution in [0.1, 0.15) is 17.0 Å². The highest BCUT2D eigenvalue weighted by molar-refractivity contribution is 7.09. The first-order valence-electron chi connectivity index (χ1n) is 8.15. The van der Waals surface area contributed by atoms with Gasteiger partial charge < -0.3 is 15.2 Å². The summed E-state index contributed by atoms with van der Waals surface area (Å²) >= 11 is 1.67. The minimum Gasteiger partial charge on any atom is -0.356 e. The molecule has 0 amide bonds. The molecule has 0 unspecified atom stereocenters. The van der Waals surface area contributed by atoms with Gasteiger partial charge in [-0.1, -0.05) is 18.2 Å². The van der Waals surface area contributed by atoms with Crippen molar-refractivity contribution in [3.63, 3.8) is 0 Å². The largest absolute Gasteiger partial charge is 0.356 e. The minimum absolute atomic E-state index is 0.762. The monoisotopic (exact) mass is 341 g/mol. The van der Waals surface area contributed by atoms with Crippen LogP contribution in [0.5, 0.6) is 0 Å². The molecular formula is C18H23N5S. The average Bonchev–Trinajstić information content (AvgIpc) is 3.21. The summed E-state index contributed by atoms with van der Waals surface area (Å²) < 4.78 is 2.30. The fourth-order valence-corrected chi connectivity index (χ4v) is 3.39. The summed E-state index contributed by atoms with van der Waals surface area (Å²) in [6.07, 6.45) is 3.20. The van der Waals surface area contributed by atoms with Crippen molar-refractivity contribution >= 4 is 28.2 Å². The van der Waals surface area contributed by atoms with E-state index in [9.17, 15) is 0 Å². The van der Waals surface area contributed by atoms with E-state index in [0.717, 1.165) is 37.7 Å². The molecule has 0 fully saturated rings. The van der Waals surface area contributed by atoms with Gasteiger partial charge in [-0.3, -0.25) is 4.99 Å². The van der Waals surface area contributed by atoms with Crippen LogP contribution in [-0.4, -0.2) is 29.1 Å². The molecule has 0 bridgehead atoms. The number of benzene rings is 1. The molecule has 0 aliphatic heterocycles. The van der Waals surface area contributed by atoms with Gasteiger partial charge in [-0.05, 0) is 30.9 Å². The minimum atomic E-state index is 0.762. The Balaban J connectivity index is 1.44. The fraction of sp³-hybridized carbons (Fsp3) is 0.333. The third-order valence-electron chi connectivity index (χ3n) is 4.03. The molecule has 0 radical (unpaired) electrons. The Kier molecular flexibility index (Phi) is 5.48. The summed E-state index contributed by atoms with van der Waals surface area (Å²) in [5, 5.41) is 8.00. The normalized spacial score (nSPS) is 11.8. The van der Waals surface area contributed by atoms with Gasteiger partial charge in [0.05, 0.1) is 17.7 Å². The molecule has 0 spiro atoms. The summed E-state index contributed by atoms with van der Waals surface area (Å²) in [6.45, 7) is 4.67. The van der Waals surface area contributed by atoms with Crippen LogP contribution in [0.3, 0.4) is 0 Å². The number of fused-ring (bicyclic) bond motifs is 1. The van der Waals surface area contributed by atoms with Crippen LogP contribution in [0.15, 0.2) is 47.0 Å². The number of nitrogens with zero attached hydrogens (tertiary/aromatic N) is 3. The lowest BCUT2D eigenvalue weighted by Gasteiger charge is -2.12. The SMILES string of the molecule is CN=C(NCCCn1ccc2ccccc21)NCc1scnc1C. The highest BCUT2D eigenvalue weighted by Gasteiger charge is 2.03. The molecule has 5 nitrogen and oxygen atoms in total. The van der Waals surface area contributed by atoms with E-state index in [4.69, 9.17) is 0 Å². The zero-order valence-corrected chi connectivity index (χ0v) is 14.9. The number of rotatable bonds is 6. The molecule has 0 saturated carbocycles. The number of guanidine groups is 1. The van der Waals surface area contributed by atoms with E-state index < -0.39 is 0 Å². The third kappa shape index (κ3) is 3.94. The van der Waals surface area contributed by atoms with Crippen LogP contribution >= 0.6 is 11.3 Å². The number of hydrogen-bond donors (Lipinski definition) is 2. The number of aryl methyl sites for hydroxylation is 2. The second-order valence-corrected chi connectivity index (χ2v) is 6.57. The predicted octanol–water partition coefficient (Wildman–Crippen LogP) is 3.16. The van der Waals surface area contributed by atoms with Crippen molar-refractivity contribution in [1.29, 1.82) is 0 Å². The van der Waals surface area contributed by atoms with Gasteiger partial charge in [0, 0.05) is 36.7 Å². The van der Waals surface area contributed by atoms with Crippen LogP contribution in [0, 0.1) is 6.92 Å². The molecule has 2 heterocycles. The zero-order valence-electron chi connectivity index (χ0n) is 14.1. The van der Waals surface area contributed by atoms with Gasteiger partial charge in [-0.15, -0.1) is 11.3 Å². The Morgan fingerprint density at radius 2 is 2.12 bits per heavy atom. The van der Waals surface area contributed by atoms with Crippen LogP contribution in [-0.2, 0) is 13.1 Å². The van der Waals surface area contributed by atoms with Crippen molar-refractivity contribution in [1.82, 2.24) is 20.2 Å². The van der Waals surface area contributed by atoms with E-state index >= 15 is 0 Å². The van der Waals surface area contributed by atoms with Crippen molar-refractivity contribution in [3.8, 4) is 0 Å². The maximum atomic E-state index is 4.27. The van der Waals surface area contributed by atoms with Gasteiger partial charge in [0.25, 0.3) is 0 Å². The molecule has 3 rings (SSSR count). The summed E-state index contributed by atoms with van der Waals surface area (Å²) in [7, 11) is 1.80. The molecule has 2 N–H and O–H groups in total. The second kappa shape index (κ2) is 7.97. The Morgan fingerprint density at radius 1 is 1.25 bits per heavy atom. The lowest BCUT2D eigenvalue weighted by molar-refractivity contribution is 0.641. The highest BCUT2D eigenvalue weighted by atomic mass is 32.1. The molecule has 24 heavy (non-hydrogen) atoms. The maximum absolute atomic E-state index is 4.27. The van der Waals surface area contributed by atoms with Crippen molar-refractivity contribution in [2.75, 3.05) is 13.6 Å². The van der Waals surface area contributed by atoms with Crippen LogP contribution in [0.25, 0.3) is 10.9 Å². The molecule has 0 aliphatic carbocycles. The number of nitrogens with one attached hydrogen (secondary N) is 2. The third-order valence-corrected chi connectivity index (χ3v) is 4.97. The smallest absolute Gasteiger partial charge is 0.191 e. The zero-order chi connectivity index (χ0) is 16.8. The van der Waals surface area contributed by atoms with Crippen molar-refractivity contribution in [3.05, 3.63) is 52.6 Å². The Labute approximate surface area is 146 Å². The number of aromatic nitrogens is 2. The Bertz CT molecular complexity index is 818. The van der Waals surface area contributed by atoms with Gasteiger partial charge in [-0.2, -0.15) is 0 Å². The second-order valence-electron chi connectivity index (χ2n) is 5.63. The van der Waals surface area contributed by atoms with Crippen molar-refractivity contribution in [2.45, 2.75) is 26.4 Å². The Hall–Kier alpha value is -2.34. The molecule has 3 aromatic rings. The lowest BCUT2D eigenvalue weighted by Crippen LogP contribution is -2.37. The molecule has 6 heteroatoms. The first-order chi connectivity index (χ1) is 11.8. The van der Waals surface area contributed by atoms with E-state index in [-0.39, 0.29) is 0 Å². The van der Waals surface area contributed by atoms with Crippen molar-refractivity contribution in [2.24, 2.45) is 4.99 Å². The van der Waals surface area contributed by atoms with Gasteiger partial charge in [0.15, 0.2) is 5.96 Å². The number of hydrogen-bond acceptors (Lipinski definition) is 3.